The maximum absolute atomic E-state index is 11.9. The summed E-state index contributed by atoms with van der Waals surface area (Å²) in [5, 5.41) is 0.820. The molecule has 1 aromatic heterocycles. The summed E-state index contributed by atoms with van der Waals surface area (Å²) in [4.78, 5) is 17.0. The molecule has 1 heterocycles. The minimum atomic E-state index is -0.426. The molecule has 0 atom stereocenters. The summed E-state index contributed by atoms with van der Waals surface area (Å²) < 4.78 is 10.7. The zero-order chi connectivity index (χ0) is 16.9. The fourth-order valence-electron chi connectivity index (χ4n) is 2.33. The second-order valence-electron chi connectivity index (χ2n) is 5.20. The molecule has 0 spiro atoms. The van der Waals surface area contributed by atoms with Gasteiger partial charge in [-0.15, -0.1) is 11.3 Å². The summed E-state index contributed by atoms with van der Waals surface area (Å²) in [5.74, 6) is 0.322. The Hall–Kier alpha value is -2.66. The molecule has 0 aliphatic rings. The number of rotatable bonds is 5. The van der Waals surface area contributed by atoms with Gasteiger partial charge in [0.1, 0.15) is 12.4 Å². The smallest absolute Gasteiger partial charge is 0.358 e. The van der Waals surface area contributed by atoms with Crippen LogP contribution < -0.4 is 4.74 Å². The van der Waals surface area contributed by atoms with Gasteiger partial charge in [-0.05, 0) is 30.2 Å². The zero-order valence-corrected chi connectivity index (χ0v) is 14.3. The van der Waals surface area contributed by atoms with E-state index in [1.54, 1.807) is 0 Å². The monoisotopic (exact) mass is 339 g/mol. The molecule has 0 saturated carbocycles. The molecular formula is C19H17NO3S. The van der Waals surface area contributed by atoms with E-state index < -0.39 is 5.97 Å². The Balaban J connectivity index is 1.84. The largest absolute Gasteiger partial charge is 0.489 e. The number of aryl methyl sites for hydroxylation is 1. The summed E-state index contributed by atoms with van der Waals surface area (Å²) in [5.41, 5.74) is 2.35. The third kappa shape index (κ3) is 3.63. The van der Waals surface area contributed by atoms with Crippen LogP contribution in [0.4, 0.5) is 0 Å². The molecule has 0 aliphatic carbocycles. The Morgan fingerprint density at radius 1 is 1.12 bits per heavy atom. The standard InChI is InChI=1S/C19H17NO3S/c1-13-20-17(19(21)22-2)18(24-13)15-9-6-10-16(11-15)23-12-14-7-4-3-5-8-14/h3-11H,12H2,1-2H3. The fraction of sp³-hybridized carbons (Fsp3) is 0.158. The van der Waals surface area contributed by atoms with Crippen molar-refractivity contribution in [1.82, 2.24) is 4.98 Å². The van der Waals surface area contributed by atoms with Crippen molar-refractivity contribution in [3.63, 3.8) is 0 Å². The van der Waals surface area contributed by atoms with Crippen molar-refractivity contribution in [2.45, 2.75) is 13.5 Å². The van der Waals surface area contributed by atoms with Crippen molar-refractivity contribution in [2.24, 2.45) is 0 Å². The van der Waals surface area contributed by atoms with Crippen molar-refractivity contribution in [3.05, 3.63) is 70.9 Å². The first-order valence-corrected chi connectivity index (χ1v) is 8.32. The van der Waals surface area contributed by atoms with E-state index in [0.29, 0.717) is 12.3 Å². The number of ether oxygens (including phenoxy) is 2. The molecule has 0 bridgehead atoms. The van der Waals surface area contributed by atoms with Crippen molar-refractivity contribution >= 4 is 17.3 Å². The van der Waals surface area contributed by atoms with E-state index in [1.807, 2.05) is 61.5 Å². The Morgan fingerprint density at radius 2 is 1.92 bits per heavy atom. The molecule has 3 aromatic rings. The fourth-order valence-corrected chi connectivity index (χ4v) is 3.23. The third-order valence-electron chi connectivity index (χ3n) is 3.46. The normalized spacial score (nSPS) is 10.4. The van der Waals surface area contributed by atoms with Gasteiger partial charge in [0.2, 0.25) is 0 Å². The SMILES string of the molecule is COC(=O)c1nc(C)sc1-c1cccc(OCc2ccccc2)c1. The van der Waals surface area contributed by atoms with Crippen molar-refractivity contribution in [3.8, 4) is 16.2 Å². The van der Waals surface area contributed by atoms with Gasteiger partial charge in [0.25, 0.3) is 0 Å². The lowest BCUT2D eigenvalue weighted by Gasteiger charge is -2.08. The Morgan fingerprint density at radius 3 is 2.67 bits per heavy atom. The molecule has 4 nitrogen and oxygen atoms in total. The number of aromatic nitrogens is 1. The van der Waals surface area contributed by atoms with Crippen LogP contribution >= 0.6 is 11.3 Å². The number of hydrogen-bond acceptors (Lipinski definition) is 5. The Labute approximate surface area is 144 Å². The number of carbonyl (C=O) groups excluding carboxylic acids is 1. The molecule has 5 heteroatoms. The number of carbonyl (C=O) groups is 1. The Kier molecular flexibility index (Phi) is 4.91. The van der Waals surface area contributed by atoms with E-state index in [4.69, 9.17) is 9.47 Å². The maximum Gasteiger partial charge on any atom is 0.358 e. The van der Waals surface area contributed by atoms with Crippen molar-refractivity contribution < 1.29 is 14.3 Å². The molecule has 0 aliphatic heterocycles. The number of benzene rings is 2. The van der Waals surface area contributed by atoms with Gasteiger partial charge in [-0.3, -0.25) is 0 Å². The number of thiazole rings is 1. The second kappa shape index (κ2) is 7.27. The number of methoxy groups -OCH3 is 1. The van der Waals surface area contributed by atoms with Crippen LogP contribution in [0.3, 0.4) is 0 Å². The highest BCUT2D eigenvalue weighted by molar-refractivity contribution is 7.15. The molecule has 2 aromatic carbocycles. The summed E-state index contributed by atoms with van der Waals surface area (Å²) in [6.07, 6.45) is 0. The van der Waals surface area contributed by atoms with E-state index in [2.05, 4.69) is 4.98 Å². The first-order valence-electron chi connectivity index (χ1n) is 7.50. The lowest BCUT2D eigenvalue weighted by atomic mass is 10.1. The van der Waals surface area contributed by atoms with Crippen molar-refractivity contribution in [2.75, 3.05) is 7.11 Å². The third-order valence-corrected chi connectivity index (χ3v) is 4.48. The van der Waals surface area contributed by atoms with Gasteiger partial charge in [-0.1, -0.05) is 42.5 Å². The van der Waals surface area contributed by atoms with E-state index in [-0.39, 0.29) is 0 Å². The number of hydrogen-bond donors (Lipinski definition) is 0. The molecule has 0 fully saturated rings. The summed E-state index contributed by atoms with van der Waals surface area (Å²) in [6.45, 7) is 2.37. The maximum atomic E-state index is 11.9. The van der Waals surface area contributed by atoms with Gasteiger partial charge in [0.05, 0.1) is 17.0 Å². The minimum absolute atomic E-state index is 0.347. The van der Waals surface area contributed by atoms with E-state index in [1.165, 1.54) is 18.4 Å². The number of nitrogens with zero attached hydrogens (tertiary/aromatic N) is 1. The highest BCUT2D eigenvalue weighted by Gasteiger charge is 2.19. The summed E-state index contributed by atoms with van der Waals surface area (Å²) >= 11 is 1.47. The van der Waals surface area contributed by atoms with Crippen LogP contribution in [0.2, 0.25) is 0 Å². The van der Waals surface area contributed by atoms with Gasteiger partial charge in [0, 0.05) is 0 Å². The lowest BCUT2D eigenvalue weighted by molar-refractivity contribution is 0.0595. The van der Waals surface area contributed by atoms with Gasteiger partial charge in [0.15, 0.2) is 5.69 Å². The minimum Gasteiger partial charge on any atom is -0.489 e. The first kappa shape index (κ1) is 16.2. The molecule has 0 unspecified atom stereocenters. The highest BCUT2D eigenvalue weighted by Crippen LogP contribution is 2.32. The van der Waals surface area contributed by atoms with Gasteiger partial charge in [-0.2, -0.15) is 0 Å². The van der Waals surface area contributed by atoms with E-state index in [0.717, 1.165) is 26.8 Å². The molecule has 0 amide bonds. The van der Waals surface area contributed by atoms with Crippen LogP contribution in [0.1, 0.15) is 21.1 Å². The predicted octanol–water partition coefficient (Wildman–Crippen LogP) is 4.48. The van der Waals surface area contributed by atoms with Gasteiger partial charge >= 0.3 is 5.97 Å². The quantitative estimate of drug-likeness (QED) is 0.643. The average Bonchev–Trinajstić information content (AvgIpc) is 3.02. The van der Waals surface area contributed by atoms with Gasteiger partial charge < -0.3 is 9.47 Å². The topological polar surface area (TPSA) is 48.4 Å². The van der Waals surface area contributed by atoms with Crippen LogP contribution in [0, 0.1) is 6.92 Å². The second-order valence-corrected chi connectivity index (χ2v) is 6.41. The summed E-state index contributed by atoms with van der Waals surface area (Å²) in [6, 6.07) is 17.7. The molecule has 122 valence electrons. The molecule has 3 rings (SSSR count). The number of esters is 1. The molecule has 0 N–H and O–H groups in total. The summed E-state index contributed by atoms with van der Waals surface area (Å²) in [7, 11) is 1.36. The van der Waals surface area contributed by atoms with Crippen LogP contribution in [-0.2, 0) is 11.3 Å². The lowest BCUT2D eigenvalue weighted by Crippen LogP contribution is -2.03. The van der Waals surface area contributed by atoms with Crippen LogP contribution in [0.15, 0.2) is 54.6 Å². The predicted molar refractivity (Wildman–Crippen MR) is 94.4 cm³/mol. The van der Waals surface area contributed by atoms with Gasteiger partial charge in [-0.25, -0.2) is 9.78 Å². The first-order chi connectivity index (χ1) is 11.7. The Bertz CT molecular complexity index is 843. The molecule has 0 radical (unpaired) electrons. The van der Waals surface area contributed by atoms with Crippen molar-refractivity contribution in [1.29, 1.82) is 0 Å². The highest BCUT2D eigenvalue weighted by atomic mass is 32.1. The van der Waals surface area contributed by atoms with Crippen LogP contribution in [0.5, 0.6) is 5.75 Å². The van der Waals surface area contributed by atoms with Crippen LogP contribution in [-0.4, -0.2) is 18.1 Å². The average molecular weight is 339 g/mol. The molecule has 24 heavy (non-hydrogen) atoms. The molecular weight excluding hydrogens is 322 g/mol. The van der Waals surface area contributed by atoms with E-state index >= 15 is 0 Å². The van der Waals surface area contributed by atoms with Crippen LogP contribution in [0.25, 0.3) is 10.4 Å². The zero-order valence-electron chi connectivity index (χ0n) is 13.5. The molecule has 0 saturated heterocycles. The van der Waals surface area contributed by atoms with E-state index in [9.17, 15) is 4.79 Å².